The van der Waals surface area contributed by atoms with E-state index in [9.17, 15) is 12.8 Å². The molecule has 0 amide bonds. The summed E-state index contributed by atoms with van der Waals surface area (Å²) in [5.41, 5.74) is 6.71. The Morgan fingerprint density at radius 1 is 1.14 bits per heavy atom. The van der Waals surface area contributed by atoms with Gasteiger partial charge in [0.1, 0.15) is 4.90 Å². The van der Waals surface area contributed by atoms with E-state index in [0.29, 0.717) is 0 Å². The van der Waals surface area contributed by atoms with Crippen LogP contribution in [-0.4, -0.2) is 8.42 Å². The number of halogens is 3. The minimum atomic E-state index is -3.92. The van der Waals surface area contributed by atoms with Gasteiger partial charge in [0, 0.05) is 0 Å². The third-order valence-electron chi connectivity index (χ3n) is 2.69. The molecular formula is C13H11Cl2FN2O2S. The maximum atomic E-state index is 13.3. The Bertz CT molecular complexity index is 787. The maximum Gasteiger partial charge on any atom is 0.263 e. The van der Waals surface area contributed by atoms with Crippen molar-refractivity contribution in [3.63, 3.8) is 0 Å². The van der Waals surface area contributed by atoms with E-state index >= 15 is 0 Å². The molecule has 0 aliphatic heterocycles. The molecule has 0 aromatic heterocycles. The lowest BCUT2D eigenvalue weighted by Crippen LogP contribution is -2.15. The largest absolute Gasteiger partial charge is 0.398 e. The van der Waals surface area contributed by atoms with Crippen LogP contribution in [0, 0.1) is 12.7 Å². The fraction of sp³-hybridized carbons (Fsp3) is 0.0769. The molecule has 0 aliphatic rings. The lowest BCUT2D eigenvalue weighted by atomic mass is 10.2. The van der Waals surface area contributed by atoms with Gasteiger partial charge in [0.05, 0.1) is 21.4 Å². The fourth-order valence-corrected chi connectivity index (χ4v) is 3.38. The highest BCUT2D eigenvalue weighted by Crippen LogP contribution is 2.29. The molecule has 0 aliphatic carbocycles. The van der Waals surface area contributed by atoms with Crippen molar-refractivity contribution in [1.29, 1.82) is 0 Å². The first-order chi connectivity index (χ1) is 9.70. The lowest BCUT2D eigenvalue weighted by Gasteiger charge is -2.11. The van der Waals surface area contributed by atoms with Crippen LogP contribution in [-0.2, 0) is 10.0 Å². The molecular weight excluding hydrogens is 338 g/mol. The van der Waals surface area contributed by atoms with Crippen molar-refractivity contribution in [1.82, 2.24) is 0 Å². The molecule has 0 heterocycles. The number of hydrogen-bond donors (Lipinski definition) is 2. The number of rotatable bonds is 3. The standard InChI is InChI=1S/C13H11Cl2FN2O2S/c1-7-2-3-12(11(17)4-7)21(19,20)18-8-5-9(14)13(16)10(15)6-8/h2-6,18H,17H2,1H3. The van der Waals surface area contributed by atoms with Gasteiger partial charge in [-0.25, -0.2) is 12.8 Å². The van der Waals surface area contributed by atoms with Crippen molar-refractivity contribution in [3.05, 3.63) is 51.8 Å². The third kappa shape index (κ3) is 3.40. The van der Waals surface area contributed by atoms with Crippen molar-refractivity contribution in [2.24, 2.45) is 0 Å². The minimum absolute atomic E-state index is 0.0476. The summed E-state index contributed by atoms with van der Waals surface area (Å²) in [7, 11) is -3.92. The number of hydrogen-bond acceptors (Lipinski definition) is 3. The maximum absolute atomic E-state index is 13.3. The molecule has 0 unspecified atom stereocenters. The van der Waals surface area contributed by atoms with Crippen LogP contribution in [0.1, 0.15) is 5.56 Å². The first kappa shape index (κ1) is 15.9. The van der Waals surface area contributed by atoms with Crippen LogP contribution in [0.25, 0.3) is 0 Å². The second kappa shape index (κ2) is 5.71. The Morgan fingerprint density at radius 2 is 1.71 bits per heavy atom. The van der Waals surface area contributed by atoms with Gasteiger partial charge in [0.2, 0.25) is 0 Å². The van der Waals surface area contributed by atoms with Gasteiger partial charge >= 0.3 is 0 Å². The summed E-state index contributed by atoms with van der Waals surface area (Å²) in [4.78, 5) is -0.0790. The van der Waals surface area contributed by atoms with E-state index in [4.69, 9.17) is 28.9 Å². The average Bonchev–Trinajstić information content (AvgIpc) is 2.34. The zero-order chi connectivity index (χ0) is 15.8. The summed E-state index contributed by atoms with van der Waals surface area (Å²) in [5, 5.41) is -0.561. The van der Waals surface area contributed by atoms with Crippen LogP contribution in [0.2, 0.25) is 10.0 Å². The van der Waals surface area contributed by atoms with E-state index in [-0.39, 0.29) is 26.3 Å². The first-order valence-corrected chi connectivity index (χ1v) is 7.98. The Hall–Kier alpha value is -1.50. The van der Waals surface area contributed by atoms with Gasteiger partial charge in [-0.1, -0.05) is 29.3 Å². The number of aryl methyl sites for hydroxylation is 1. The van der Waals surface area contributed by atoms with Gasteiger partial charge in [-0.3, -0.25) is 4.72 Å². The van der Waals surface area contributed by atoms with Crippen LogP contribution < -0.4 is 10.5 Å². The van der Waals surface area contributed by atoms with Crippen LogP contribution >= 0.6 is 23.2 Å². The summed E-state index contributed by atoms with van der Waals surface area (Å²) < 4.78 is 40.1. The summed E-state index contributed by atoms with van der Waals surface area (Å²) >= 11 is 11.3. The van der Waals surface area contributed by atoms with Crippen LogP contribution in [0.15, 0.2) is 35.2 Å². The highest BCUT2D eigenvalue weighted by atomic mass is 35.5. The van der Waals surface area contributed by atoms with Crippen molar-refractivity contribution in [2.45, 2.75) is 11.8 Å². The van der Waals surface area contributed by atoms with Crippen molar-refractivity contribution in [3.8, 4) is 0 Å². The number of nitrogens with two attached hydrogens (primary N) is 1. The highest BCUT2D eigenvalue weighted by molar-refractivity contribution is 7.92. The Balaban J connectivity index is 2.42. The van der Waals surface area contributed by atoms with Crippen LogP contribution in [0.4, 0.5) is 15.8 Å². The highest BCUT2D eigenvalue weighted by Gasteiger charge is 2.19. The monoisotopic (exact) mass is 348 g/mol. The van der Waals surface area contributed by atoms with Crippen LogP contribution in [0.3, 0.4) is 0 Å². The summed E-state index contributed by atoms with van der Waals surface area (Å²) in [5.74, 6) is -0.809. The molecule has 2 rings (SSSR count). The van der Waals surface area contributed by atoms with E-state index < -0.39 is 15.8 Å². The molecule has 0 radical (unpaired) electrons. The van der Waals surface area contributed by atoms with E-state index in [1.807, 2.05) is 0 Å². The molecule has 0 spiro atoms. The van der Waals surface area contributed by atoms with Gasteiger partial charge in [-0.15, -0.1) is 0 Å². The minimum Gasteiger partial charge on any atom is -0.398 e. The number of nitrogens with one attached hydrogen (secondary N) is 1. The normalized spacial score (nSPS) is 11.4. The predicted octanol–water partition coefficient (Wildman–Crippen LogP) is 3.82. The van der Waals surface area contributed by atoms with Crippen molar-refractivity contribution >= 4 is 44.6 Å². The summed E-state index contributed by atoms with van der Waals surface area (Å²) in [6, 6.07) is 6.81. The molecule has 2 aromatic rings. The SMILES string of the molecule is Cc1ccc(S(=O)(=O)Nc2cc(Cl)c(F)c(Cl)c2)c(N)c1. The third-order valence-corrected chi connectivity index (χ3v) is 4.70. The molecule has 8 heteroatoms. The number of benzene rings is 2. The smallest absolute Gasteiger partial charge is 0.263 e. The second-order valence-corrected chi connectivity index (χ2v) is 6.87. The molecule has 0 saturated carbocycles. The molecule has 0 fully saturated rings. The predicted molar refractivity (Wildman–Crippen MR) is 82.8 cm³/mol. The summed E-state index contributed by atoms with van der Waals surface area (Å²) in [6.45, 7) is 1.79. The van der Waals surface area contributed by atoms with Crippen molar-refractivity contribution in [2.75, 3.05) is 10.5 Å². The fourth-order valence-electron chi connectivity index (χ4n) is 1.74. The zero-order valence-corrected chi connectivity index (χ0v) is 13.2. The van der Waals surface area contributed by atoms with Gasteiger partial charge in [0.15, 0.2) is 5.82 Å². The van der Waals surface area contributed by atoms with E-state index in [1.54, 1.807) is 19.1 Å². The van der Waals surface area contributed by atoms with E-state index in [2.05, 4.69) is 4.72 Å². The molecule has 3 N–H and O–H groups in total. The van der Waals surface area contributed by atoms with Gasteiger partial charge in [0.25, 0.3) is 10.0 Å². The summed E-state index contributed by atoms with van der Waals surface area (Å²) in [6.07, 6.45) is 0. The molecule has 21 heavy (non-hydrogen) atoms. The Labute approximate surface area is 131 Å². The van der Waals surface area contributed by atoms with E-state index in [1.165, 1.54) is 6.07 Å². The quantitative estimate of drug-likeness (QED) is 0.654. The number of sulfonamides is 1. The number of nitrogen functional groups attached to an aromatic ring is 1. The molecule has 2 aromatic carbocycles. The second-order valence-electron chi connectivity index (χ2n) is 4.40. The topological polar surface area (TPSA) is 72.2 Å². The van der Waals surface area contributed by atoms with Gasteiger partial charge in [-0.05, 0) is 36.8 Å². The lowest BCUT2D eigenvalue weighted by molar-refractivity contribution is 0.601. The van der Waals surface area contributed by atoms with Crippen LogP contribution in [0.5, 0.6) is 0 Å². The molecule has 0 saturated heterocycles. The Morgan fingerprint density at radius 3 is 2.24 bits per heavy atom. The van der Waals surface area contributed by atoms with E-state index in [0.717, 1.165) is 17.7 Å². The number of anilines is 2. The van der Waals surface area contributed by atoms with Gasteiger partial charge in [-0.2, -0.15) is 0 Å². The average molecular weight is 349 g/mol. The molecule has 0 atom stereocenters. The zero-order valence-electron chi connectivity index (χ0n) is 10.8. The van der Waals surface area contributed by atoms with Gasteiger partial charge < -0.3 is 5.73 Å². The first-order valence-electron chi connectivity index (χ1n) is 5.74. The molecule has 112 valence electrons. The molecule has 4 nitrogen and oxygen atoms in total. The van der Waals surface area contributed by atoms with Crippen molar-refractivity contribution < 1.29 is 12.8 Å². The molecule has 0 bridgehead atoms. The Kier molecular flexibility index (Phi) is 4.32.